The number of benzene rings is 2. The van der Waals surface area contributed by atoms with Gasteiger partial charge in [0.25, 0.3) is 0 Å². The number of halogens is 1. The molecule has 27 heavy (non-hydrogen) atoms. The van der Waals surface area contributed by atoms with Gasteiger partial charge < -0.3 is 24.8 Å². The van der Waals surface area contributed by atoms with Crippen molar-refractivity contribution >= 4 is 18.2 Å². The number of methoxy groups -OCH3 is 3. The fraction of sp³-hybridized carbons (Fsp3) is 0.350. The molecule has 0 spiro atoms. The number of amidine groups is 1. The number of hydrogen-bond donors (Lipinski definition) is 2. The Morgan fingerprint density at radius 2 is 1.70 bits per heavy atom. The lowest BCUT2D eigenvalue weighted by Crippen LogP contribution is -2.42. The van der Waals surface area contributed by atoms with Gasteiger partial charge in [0.2, 0.25) is 0 Å². The molecule has 146 valence electrons. The lowest BCUT2D eigenvalue weighted by atomic mass is 10.0. The Morgan fingerprint density at radius 1 is 1.00 bits per heavy atom. The minimum absolute atomic E-state index is 0. The number of hydrogen-bond acceptors (Lipinski definition) is 6. The summed E-state index contributed by atoms with van der Waals surface area (Å²) >= 11 is 0. The molecular formula is C20H26ClN3O3. The average molecular weight is 392 g/mol. The molecule has 0 aliphatic carbocycles. The van der Waals surface area contributed by atoms with Crippen LogP contribution in [0, 0.1) is 0 Å². The highest BCUT2D eigenvalue weighted by molar-refractivity contribution is 5.89. The van der Waals surface area contributed by atoms with Crippen molar-refractivity contribution in [1.29, 1.82) is 0 Å². The van der Waals surface area contributed by atoms with Crippen LogP contribution in [0.3, 0.4) is 0 Å². The Hall–Kier alpha value is -2.44. The minimum atomic E-state index is -0.0390. The molecule has 0 radical (unpaired) electrons. The third-order valence-corrected chi connectivity index (χ3v) is 4.40. The second kappa shape index (κ2) is 10.0. The summed E-state index contributed by atoms with van der Waals surface area (Å²) in [6.45, 7) is 2.27. The summed E-state index contributed by atoms with van der Waals surface area (Å²) in [5, 5.41) is 6.98. The molecule has 3 rings (SSSR count). The first-order chi connectivity index (χ1) is 12.7. The highest BCUT2D eigenvalue weighted by atomic mass is 35.5. The van der Waals surface area contributed by atoms with E-state index in [-0.39, 0.29) is 18.4 Å². The van der Waals surface area contributed by atoms with E-state index in [1.807, 2.05) is 42.5 Å². The van der Waals surface area contributed by atoms with Crippen LogP contribution in [0.5, 0.6) is 17.2 Å². The largest absolute Gasteiger partial charge is 0.497 e. The molecule has 0 bridgehead atoms. The molecule has 0 aromatic heterocycles. The first kappa shape index (κ1) is 20.9. The van der Waals surface area contributed by atoms with E-state index in [1.54, 1.807) is 21.3 Å². The molecule has 0 saturated carbocycles. The van der Waals surface area contributed by atoms with Gasteiger partial charge in [0, 0.05) is 24.7 Å². The molecule has 6 nitrogen and oxygen atoms in total. The topological polar surface area (TPSA) is 64.1 Å². The van der Waals surface area contributed by atoms with E-state index in [0.717, 1.165) is 41.7 Å². The standard InChI is InChI=1S/C20H25N3O3.ClH/c1-24-15-6-4-14(5-7-15)13-23-20-19(21-10-11-22-20)17-9-8-16(25-2)12-18(17)26-3;/h4-9,12,19,21H,10-11,13H2,1-3H3,(H,22,23);1H. The van der Waals surface area contributed by atoms with Crippen molar-refractivity contribution in [3.05, 3.63) is 53.6 Å². The highest BCUT2D eigenvalue weighted by Crippen LogP contribution is 2.30. The summed E-state index contributed by atoms with van der Waals surface area (Å²) in [7, 11) is 4.99. The second-order valence-corrected chi connectivity index (χ2v) is 5.96. The van der Waals surface area contributed by atoms with Crippen LogP contribution < -0.4 is 24.8 Å². The lowest BCUT2D eigenvalue weighted by molar-refractivity contribution is 0.388. The van der Waals surface area contributed by atoms with Gasteiger partial charge >= 0.3 is 0 Å². The Kier molecular flexibility index (Phi) is 7.76. The predicted octanol–water partition coefficient (Wildman–Crippen LogP) is 2.97. The van der Waals surface area contributed by atoms with Crippen molar-refractivity contribution in [2.24, 2.45) is 4.99 Å². The highest BCUT2D eigenvalue weighted by Gasteiger charge is 2.24. The van der Waals surface area contributed by atoms with Crippen molar-refractivity contribution in [3.8, 4) is 17.2 Å². The summed E-state index contributed by atoms with van der Waals surface area (Å²) in [5.41, 5.74) is 2.20. The van der Waals surface area contributed by atoms with Crippen LogP contribution >= 0.6 is 12.4 Å². The fourth-order valence-electron chi connectivity index (χ4n) is 2.98. The maximum absolute atomic E-state index is 5.56. The Bertz CT molecular complexity index is 766. The number of ether oxygens (including phenoxy) is 3. The van der Waals surface area contributed by atoms with E-state index >= 15 is 0 Å². The maximum atomic E-state index is 5.56. The van der Waals surface area contributed by atoms with Crippen molar-refractivity contribution in [2.45, 2.75) is 12.6 Å². The van der Waals surface area contributed by atoms with Crippen LogP contribution in [0.1, 0.15) is 17.2 Å². The molecule has 2 aromatic carbocycles. The Labute approximate surface area is 166 Å². The molecule has 7 heteroatoms. The molecule has 0 saturated heterocycles. The third kappa shape index (κ3) is 5.05. The molecule has 1 aliphatic rings. The lowest BCUT2D eigenvalue weighted by Gasteiger charge is -2.27. The molecule has 1 aliphatic heterocycles. The quantitative estimate of drug-likeness (QED) is 0.792. The van der Waals surface area contributed by atoms with Crippen molar-refractivity contribution in [3.63, 3.8) is 0 Å². The zero-order chi connectivity index (χ0) is 18.4. The van der Waals surface area contributed by atoms with Gasteiger partial charge in [-0.3, -0.25) is 4.99 Å². The van der Waals surface area contributed by atoms with Gasteiger partial charge in [-0.1, -0.05) is 12.1 Å². The van der Waals surface area contributed by atoms with E-state index in [2.05, 4.69) is 15.6 Å². The molecule has 2 aromatic rings. The van der Waals surface area contributed by atoms with Gasteiger partial charge in [0.1, 0.15) is 23.1 Å². The van der Waals surface area contributed by atoms with Gasteiger partial charge in [-0.15, -0.1) is 12.4 Å². The van der Waals surface area contributed by atoms with Gasteiger partial charge in [-0.2, -0.15) is 0 Å². The van der Waals surface area contributed by atoms with Crippen LogP contribution in [-0.4, -0.2) is 40.3 Å². The van der Waals surface area contributed by atoms with E-state index in [9.17, 15) is 0 Å². The normalized spacial score (nSPS) is 16.0. The monoisotopic (exact) mass is 391 g/mol. The van der Waals surface area contributed by atoms with Gasteiger partial charge in [0.15, 0.2) is 0 Å². The number of rotatable bonds is 6. The Balaban J connectivity index is 0.00000261. The molecule has 1 atom stereocenters. The van der Waals surface area contributed by atoms with Crippen molar-refractivity contribution < 1.29 is 14.2 Å². The number of aliphatic imine (C=N–C) groups is 1. The van der Waals surface area contributed by atoms with E-state index in [4.69, 9.17) is 14.2 Å². The molecular weight excluding hydrogens is 366 g/mol. The SMILES string of the molecule is COc1ccc(CNC2=NCCNC2c2ccc(OC)cc2OC)cc1.Cl. The van der Waals surface area contributed by atoms with Crippen molar-refractivity contribution in [2.75, 3.05) is 34.4 Å². The third-order valence-electron chi connectivity index (χ3n) is 4.40. The first-order valence-electron chi connectivity index (χ1n) is 8.61. The van der Waals surface area contributed by atoms with E-state index in [0.29, 0.717) is 6.54 Å². The smallest absolute Gasteiger partial charge is 0.127 e. The van der Waals surface area contributed by atoms with Gasteiger partial charge in [-0.25, -0.2) is 0 Å². The first-order valence-corrected chi connectivity index (χ1v) is 8.61. The fourth-order valence-corrected chi connectivity index (χ4v) is 2.98. The predicted molar refractivity (Wildman–Crippen MR) is 110 cm³/mol. The number of nitrogens with zero attached hydrogens (tertiary/aromatic N) is 1. The van der Waals surface area contributed by atoms with Crippen LogP contribution in [0.4, 0.5) is 0 Å². The Morgan fingerprint density at radius 3 is 2.37 bits per heavy atom. The zero-order valence-electron chi connectivity index (χ0n) is 15.8. The summed E-state index contributed by atoms with van der Waals surface area (Å²) in [6.07, 6.45) is 0. The zero-order valence-corrected chi connectivity index (χ0v) is 16.6. The second-order valence-electron chi connectivity index (χ2n) is 5.96. The molecule has 0 amide bonds. The van der Waals surface area contributed by atoms with Crippen LogP contribution in [0.2, 0.25) is 0 Å². The minimum Gasteiger partial charge on any atom is -0.497 e. The van der Waals surface area contributed by atoms with Crippen LogP contribution in [0.25, 0.3) is 0 Å². The average Bonchev–Trinajstić information content (AvgIpc) is 2.72. The molecule has 2 N–H and O–H groups in total. The summed E-state index contributed by atoms with van der Waals surface area (Å²) in [4.78, 5) is 4.69. The van der Waals surface area contributed by atoms with Gasteiger partial charge in [0.05, 0.1) is 33.9 Å². The summed E-state index contributed by atoms with van der Waals surface area (Å²) < 4.78 is 16.1. The molecule has 0 fully saturated rings. The van der Waals surface area contributed by atoms with Crippen LogP contribution in [-0.2, 0) is 6.54 Å². The van der Waals surface area contributed by atoms with E-state index < -0.39 is 0 Å². The van der Waals surface area contributed by atoms with E-state index in [1.165, 1.54) is 5.56 Å². The van der Waals surface area contributed by atoms with Crippen molar-refractivity contribution in [1.82, 2.24) is 10.6 Å². The summed E-state index contributed by atoms with van der Waals surface area (Å²) in [5.74, 6) is 3.32. The molecule has 1 unspecified atom stereocenters. The molecule has 1 heterocycles. The van der Waals surface area contributed by atoms with Gasteiger partial charge in [-0.05, 0) is 29.8 Å². The maximum Gasteiger partial charge on any atom is 0.127 e. The number of nitrogens with one attached hydrogen (secondary N) is 2. The van der Waals surface area contributed by atoms with Crippen LogP contribution in [0.15, 0.2) is 47.5 Å². The summed E-state index contributed by atoms with van der Waals surface area (Å²) in [6, 6.07) is 13.8.